The van der Waals surface area contributed by atoms with Crippen LogP contribution in [0, 0.1) is 0 Å². The first kappa shape index (κ1) is 19.4. The molecule has 6 heteroatoms. The monoisotopic (exact) mass is 382 g/mol. The summed E-state index contributed by atoms with van der Waals surface area (Å²) in [6, 6.07) is 9.04. The third kappa shape index (κ3) is 3.41. The molecule has 1 aliphatic rings. The van der Waals surface area contributed by atoms with Crippen LogP contribution in [-0.2, 0) is 4.79 Å². The van der Waals surface area contributed by atoms with E-state index in [9.17, 15) is 15.0 Å². The number of fused-ring (bicyclic) bond motifs is 1. The van der Waals surface area contributed by atoms with Crippen molar-refractivity contribution in [2.45, 2.75) is 13.3 Å². The average molecular weight is 382 g/mol. The van der Waals surface area contributed by atoms with E-state index in [0.29, 0.717) is 17.2 Å². The van der Waals surface area contributed by atoms with Gasteiger partial charge in [0.1, 0.15) is 5.75 Å². The van der Waals surface area contributed by atoms with Gasteiger partial charge >= 0.3 is 5.97 Å². The molecule has 0 saturated carbocycles. The Labute approximate surface area is 163 Å². The number of ether oxygens (including phenoxy) is 3. The van der Waals surface area contributed by atoms with Gasteiger partial charge in [0.15, 0.2) is 11.5 Å². The highest BCUT2D eigenvalue weighted by Gasteiger charge is 2.26. The lowest BCUT2D eigenvalue weighted by Crippen LogP contribution is -1.97. The topological polar surface area (TPSA) is 85.2 Å². The number of carboxylic acid groups (broad SMARTS) is 1. The first-order chi connectivity index (χ1) is 13.4. The SMILES string of the molecule is COc1ccc2c(c1)C(CC(=O)O)=C(C)/C2=C/c1cc(OC)c(O)c(OC)c1. The highest BCUT2D eigenvalue weighted by Crippen LogP contribution is 2.46. The molecule has 0 heterocycles. The molecule has 0 amide bonds. The molecular weight excluding hydrogens is 360 g/mol. The number of hydrogen-bond acceptors (Lipinski definition) is 5. The Morgan fingerprint density at radius 2 is 1.64 bits per heavy atom. The third-order valence-electron chi connectivity index (χ3n) is 4.84. The highest BCUT2D eigenvalue weighted by molar-refractivity contribution is 6.07. The minimum atomic E-state index is -0.891. The van der Waals surface area contributed by atoms with E-state index < -0.39 is 5.97 Å². The van der Waals surface area contributed by atoms with Crippen LogP contribution >= 0.6 is 0 Å². The molecule has 0 fully saturated rings. The van der Waals surface area contributed by atoms with Gasteiger partial charge in [0.05, 0.1) is 27.8 Å². The second-order valence-electron chi connectivity index (χ2n) is 6.42. The molecule has 1 aliphatic carbocycles. The Morgan fingerprint density at radius 3 is 2.18 bits per heavy atom. The Hall–Kier alpha value is -3.41. The van der Waals surface area contributed by atoms with Crippen LogP contribution < -0.4 is 14.2 Å². The molecule has 6 nitrogen and oxygen atoms in total. The smallest absolute Gasteiger partial charge is 0.307 e. The van der Waals surface area contributed by atoms with Gasteiger partial charge in [0, 0.05) is 0 Å². The number of hydrogen-bond donors (Lipinski definition) is 2. The van der Waals surface area contributed by atoms with Crippen LogP contribution in [0.3, 0.4) is 0 Å². The van der Waals surface area contributed by atoms with E-state index in [0.717, 1.165) is 33.4 Å². The minimum absolute atomic E-state index is 0.0671. The number of phenolic OH excluding ortho intramolecular Hbond substituents is 1. The van der Waals surface area contributed by atoms with Gasteiger partial charge in [0.2, 0.25) is 5.75 Å². The van der Waals surface area contributed by atoms with E-state index in [1.54, 1.807) is 19.2 Å². The predicted octanol–water partition coefficient (Wildman–Crippen LogP) is 4.22. The number of benzene rings is 2. The fourth-order valence-corrected chi connectivity index (χ4v) is 3.43. The maximum Gasteiger partial charge on any atom is 0.307 e. The van der Waals surface area contributed by atoms with E-state index in [2.05, 4.69) is 0 Å². The number of aromatic hydroxyl groups is 1. The van der Waals surface area contributed by atoms with E-state index in [1.165, 1.54) is 14.2 Å². The summed E-state index contributed by atoms with van der Waals surface area (Å²) < 4.78 is 15.8. The normalized spacial score (nSPS) is 14.2. The third-order valence-corrected chi connectivity index (χ3v) is 4.84. The van der Waals surface area contributed by atoms with Gasteiger partial charge in [-0.05, 0) is 70.7 Å². The maximum absolute atomic E-state index is 11.4. The van der Waals surface area contributed by atoms with Crippen molar-refractivity contribution in [2.75, 3.05) is 21.3 Å². The predicted molar refractivity (Wildman–Crippen MR) is 107 cm³/mol. The van der Waals surface area contributed by atoms with Crippen molar-refractivity contribution >= 4 is 23.2 Å². The Morgan fingerprint density at radius 1 is 1.00 bits per heavy atom. The summed E-state index contributed by atoms with van der Waals surface area (Å²) in [6.07, 6.45) is 1.85. The Bertz CT molecular complexity index is 975. The fraction of sp³-hybridized carbons (Fsp3) is 0.227. The zero-order valence-electron chi connectivity index (χ0n) is 16.2. The van der Waals surface area contributed by atoms with Gasteiger partial charge in [-0.1, -0.05) is 6.07 Å². The summed E-state index contributed by atoms with van der Waals surface area (Å²) in [5.41, 5.74) is 5.09. The van der Waals surface area contributed by atoms with Gasteiger partial charge in [0.25, 0.3) is 0 Å². The van der Waals surface area contributed by atoms with Crippen LogP contribution in [0.1, 0.15) is 30.0 Å². The van der Waals surface area contributed by atoms with E-state index >= 15 is 0 Å². The number of carbonyl (C=O) groups is 1. The summed E-state index contributed by atoms with van der Waals surface area (Å²) in [5.74, 6) is 0.307. The summed E-state index contributed by atoms with van der Waals surface area (Å²) in [7, 11) is 4.52. The summed E-state index contributed by atoms with van der Waals surface area (Å²) in [6.45, 7) is 1.91. The zero-order valence-corrected chi connectivity index (χ0v) is 16.2. The standard InChI is InChI=1S/C22H22O6/c1-12-16(7-13-8-19(27-3)22(25)20(9-13)28-4)15-6-5-14(26-2)10-18(15)17(12)11-21(23)24/h5-10,25H,11H2,1-4H3,(H,23,24)/b16-7-. The fourth-order valence-electron chi connectivity index (χ4n) is 3.43. The van der Waals surface area contributed by atoms with Crippen molar-refractivity contribution in [1.29, 1.82) is 0 Å². The number of allylic oxidation sites excluding steroid dienone is 2. The van der Waals surface area contributed by atoms with Crippen LogP contribution in [0.5, 0.6) is 23.0 Å². The van der Waals surface area contributed by atoms with Gasteiger partial charge in [-0.2, -0.15) is 0 Å². The summed E-state index contributed by atoms with van der Waals surface area (Å²) >= 11 is 0. The van der Waals surface area contributed by atoms with Crippen LogP contribution in [0.25, 0.3) is 17.2 Å². The second-order valence-corrected chi connectivity index (χ2v) is 6.42. The Balaban J connectivity index is 2.19. The summed E-state index contributed by atoms with van der Waals surface area (Å²) in [4.78, 5) is 11.4. The largest absolute Gasteiger partial charge is 0.502 e. The molecule has 0 bridgehead atoms. The lowest BCUT2D eigenvalue weighted by molar-refractivity contribution is -0.135. The first-order valence-electron chi connectivity index (χ1n) is 8.67. The Kier molecular flexibility index (Phi) is 5.31. The molecular formula is C22H22O6. The average Bonchev–Trinajstić information content (AvgIpc) is 2.93. The number of phenols is 1. The van der Waals surface area contributed by atoms with E-state index in [1.807, 2.05) is 31.2 Å². The molecule has 0 radical (unpaired) electrons. The van der Waals surface area contributed by atoms with Crippen molar-refractivity contribution in [3.05, 3.63) is 52.6 Å². The van der Waals surface area contributed by atoms with Gasteiger partial charge < -0.3 is 24.4 Å². The minimum Gasteiger partial charge on any atom is -0.502 e. The second kappa shape index (κ2) is 7.68. The first-order valence-corrected chi connectivity index (χ1v) is 8.67. The molecule has 0 spiro atoms. The van der Waals surface area contributed by atoms with Gasteiger partial charge in [-0.3, -0.25) is 4.79 Å². The van der Waals surface area contributed by atoms with Crippen molar-refractivity contribution in [3.8, 4) is 23.0 Å². The molecule has 146 valence electrons. The summed E-state index contributed by atoms with van der Waals surface area (Å²) in [5, 5.41) is 19.5. The molecule has 28 heavy (non-hydrogen) atoms. The number of methoxy groups -OCH3 is 3. The molecule has 2 aromatic carbocycles. The van der Waals surface area contributed by atoms with E-state index in [-0.39, 0.29) is 12.2 Å². The van der Waals surface area contributed by atoms with E-state index in [4.69, 9.17) is 14.2 Å². The molecule has 0 atom stereocenters. The maximum atomic E-state index is 11.4. The number of carboxylic acids is 1. The molecule has 0 aromatic heterocycles. The van der Waals surface area contributed by atoms with Crippen molar-refractivity contribution in [1.82, 2.24) is 0 Å². The number of aliphatic carboxylic acids is 1. The van der Waals surface area contributed by atoms with Crippen LogP contribution in [0.2, 0.25) is 0 Å². The van der Waals surface area contributed by atoms with Crippen molar-refractivity contribution < 1.29 is 29.2 Å². The molecule has 0 saturated heterocycles. The van der Waals surface area contributed by atoms with Crippen LogP contribution in [0.15, 0.2) is 35.9 Å². The van der Waals surface area contributed by atoms with Gasteiger partial charge in [-0.25, -0.2) is 0 Å². The zero-order chi connectivity index (χ0) is 20.4. The molecule has 0 aliphatic heterocycles. The quantitative estimate of drug-likeness (QED) is 0.778. The van der Waals surface area contributed by atoms with Crippen molar-refractivity contribution in [2.24, 2.45) is 0 Å². The molecule has 0 unspecified atom stereocenters. The molecule has 2 aromatic rings. The molecule has 3 rings (SSSR count). The lowest BCUT2D eigenvalue weighted by atomic mass is 10.00. The van der Waals surface area contributed by atoms with Crippen molar-refractivity contribution in [3.63, 3.8) is 0 Å². The van der Waals surface area contributed by atoms with Gasteiger partial charge in [-0.15, -0.1) is 0 Å². The highest BCUT2D eigenvalue weighted by atomic mass is 16.5. The van der Waals surface area contributed by atoms with Crippen LogP contribution in [-0.4, -0.2) is 37.5 Å². The molecule has 2 N–H and O–H groups in total. The lowest BCUT2D eigenvalue weighted by Gasteiger charge is -2.11. The number of rotatable bonds is 6. The van der Waals surface area contributed by atoms with Crippen LogP contribution in [0.4, 0.5) is 0 Å².